The number of thiophene rings is 1. The van der Waals surface area contributed by atoms with Gasteiger partial charge in [0.25, 0.3) is 0 Å². The lowest BCUT2D eigenvalue weighted by Crippen LogP contribution is -2.36. The molecule has 1 aliphatic heterocycles. The van der Waals surface area contributed by atoms with E-state index in [0.717, 1.165) is 19.4 Å². The van der Waals surface area contributed by atoms with Crippen LogP contribution in [0.5, 0.6) is 0 Å². The van der Waals surface area contributed by atoms with Crippen molar-refractivity contribution in [2.45, 2.75) is 44.6 Å². The summed E-state index contributed by atoms with van der Waals surface area (Å²) in [6, 6.07) is 4.29. The highest BCUT2D eigenvalue weighted by Gasteiger charge is 2.18. The van der Waals surface area contributed by atoms with Gasteiger partial charge in [0.1, 0.15) is 5.78 Å². The summed E-state index contributed by atoms with van der Waals surface area (Å²) in [5, 5.41) is 5.44. The molecule has 0 aliphatic carbocycles. The average molecular weight is 237 g/mol. The van der Waals surface area contributed by atoms with E-state index in [4.69, 9.17) is 0 Å². The summed E-state index contributed by atoms with van der Waals surface area (Å²) >= 11 is 1.74. The molecule has 1 aromatic heterocycles. The quantitative estimate of drug-likeness (QED) is 0.872. The largest absolute Gasteiger partial charge is 0.307 e. The summed E-state index contributed by atoms with van der Waals surface area (Å²) in [4.78, 5) is 13.3. The van der Waals surface area contributed by atoms with Crippen molar-refractivity contribution in [2.24, 2.45) is 0 Å². The summed E-state index contributed by atoms with van der Waals surface area (Å²) in [6.45, 7) is 1.01. The van der Waals surface area contributed by atoms with Gasteiger partial charge < -0.3 is 5.32 Å². The highest BCUT2D eigenvalue weighted by molar-refractivity contribution is 7.09. The lowest BCUT2D eigenvalue weighted by molar-refractivity contribution is -0.121. The molecule has 3 heteroatoms. The van der Waals surface area contributed by atoms with Gasteiger partial charge in [0.15, 0.2) is 0 Å². The maximum atomic E-state index is 12.0. The van der Waals surface area contributed by atoms with Crippen LogP contribution in [0.15, 0.2) is 17.5 Å². The molecule has 16 heavy (non-hydrogen) atoms. The Balaban J connectivity index is 1.78. The van der Waals surface area contributed by atoms with Gasteiger partial charge in [-0.1, -0.05) is 18.9 Å². The molecule has 1 aliphatic rings. The molecule has 88 valence electrons. The highest BCUT2D eigenvalue weighted by Crippen LogP contribution is 2.14. The van der Waals surface area contributed by atoms with Crippen molar-refractivity contribution in [1.82, 2.24) is 5.32 Å². The van der Waals surface area contributed by atoms with Gasteiger partial charge in [0.05, 0.1) is 6.04 Å². The van der Waals surface area contributed by atoms with Crippen molar-refractivity contribution >= 4 is 17.1 Å². The van der Waals surface area contributed by atoms with E-state index in [1.54, 1.807) is 11.3 Å². The third-order valence-corrected chi connectivity index (χ3v) is 4.08. The number of carbonyl (C=O) groups is 1. The van der Waals surface area contributed by atoms with E-state index in [1.165, 1.54) is 24.1 Å². The van der Waals surface area contributed by atoms with Gasteiger partial charge in [-0.3, -0.25) is 4.79 Å². The first kappa shape index (κ1) is 11.8. The van der Waals surface area contributed by atoms with Crippen molar-refractivity contribution in [3.05, 3.63) is 22.4 Å². The number of hydrogen-bond donors (Lipinski definition) is 1. The number of nitrogens with one attached hydrogen (secondary N) is 1. The first-order chi connectivity index (χ1) is 7.86. The van der Waals surface area contributed by atoms with Crippen LogP contribution < -0.4 is 5.32 Å². The van der Waals surface area contributed by atoms with Crippen molar-refractivity contribution < 1.29 is 4.79 Å². The fourth-order valence-electron chi connectivity index (χ4n) is 2.18. The van der Waals surface area contributed by atoms with Crippen LogP contribution in [0.1, 0.15) is 37.0 Å². The van der Waals surface area contributed by atoms with Crippen LogP contribution in [-0.4, -0.2) is 18.4 Å². The van der Waals surface area contributed by atoms with Gasteiger partial charge in [0, 0.05) is 11.3 Å². The SMILES string of the molecule is O=C(CCc1cccs1)C1CCCCCN1. The molecule has 1 aromatic rings. The van der Waals surface area contributed by atoms with Crippen LogP contribution in [-0.2, 0) is 11.2 Å². The Morgan fingerprint density at radius 2 is 2.38 bits per heavy atom. The molecule has 0 spiro atoms. The average Bonchev–Trinajstić information content (AvgIpc) is 2.66. The topological polar surface area (TPSA) is 29.1 Å². The summed E-state index contributed by atoms with van der Waals surface area (Å²) in [5.74, 6) is 0.398. The first-order valence-corrected chi connectivity index (χ1v) is 7.03. The van der Waals surface area contributed by atoms with Crippen LogP contribution in [0.25, 0.3) is 0 Å². The van der Waals surface area contributed by atoms with Crippen molar-refractivity contribution in [3.8, 4) is 0 Å². The fourth-order valence-corrected chi connectivity index (χ4v) is 2.89. The minimum Gasteiger partial charge on any atom is -0.307 e. The standard InChI is InChI=1S/C13H19NOS/c15-13(8-7-11-5-4-10-16-11)12-6-2-1-3-9-14-12/h4-5,10,12,14H,1-3,6-9H2. The Morgan fingerprint density at radius 3 is 3.19 bits per heavy atom. The fraction of sp³-hybridized carbons (Fsp3) is 0.615. The second-order valence-electron chi connectivity index (χ2n) is 4.40. The van der Waals surface area contributed by atoms with E-state index in [-0.39, 0.29) is 6.04 Å². The Morgan fingerprint density at radius 1 is 1.44 bits per heavy atom. The summed E-state index contributed by atoms with van der Waals surface area (Å²) in [6.07, 6.45) is 6.31. The van der Waals surface area contributed by atoms with Crippen molar-refractivity contribution in [3.63, 3.8) is 0 Å². The van der Waals surface area contributed by atoms with Gasteiger partial charge in [0.2, 0.25) is 0 Å². The number of rotatable bonds is 4. The summed E-state index contributed by atoms with van der Waals surface area (Å²) in [7, 11) is 0. The predicted octanol–water partition coefficient (Wildman–Crippen LogP) is 2.78. The zero-order valence-corrected chi connectivity index (χ0v) is 10.4. The molecule has 0 aromatic carbocycles. The number of aryl methyl sites for hydroxylation is 1. The molecule has 0 amide bonds. The minimum atomic E-state index is 0.127. The lowest BCUT2D eigenvalue weighted by atomic mass is 10.0. The maximum absolute atomic E-state index is 12.0. The van der Waals surface area contributed by atoms with Crippen LogP contribution in [0.4, 0.5) is 0 Å². The number of ketones is 1. The molecule has 0 bridgehead atoms. The van der Waals surface area contributed by atoms with E-state index in [2.05, 4.69) is 16.8 Å². The van der Waals surface area contributed by atoms with Crippen LogP contribution in [0, 0.1) is 0 Å². The second-order valence-corrected chi connectivity index (χ2v) is 5.43. The van der Waals surface area contributed by atoms with Gasteiger partial charge >= 0.3 is 0 Å². The zero-order chi connectivity index (χ0) is 11.2. The predicted molar refractivity (Wildman–Crippen MR) is 67.9 cm³/mol. The Bertz CT molecular complexity index is 313. The molecule has 1 atom stereocenters. The van der Waals surface area contributed by atoms with Crippen LogP contribution in [0.3, 0.4) is 0 Å². The summed E-state index contributed by atoms with van der Waals surface area (Å²) in [5.41, 5.74) is 0. The lowest BCUT2D eigenvalue weighted by Gasteiger charge is -2.13. The molecule has 1 N–H and O–H groups in total. The van der Waals surface area contributed by atoms with Gasteiger partial charge in [-0.25, -0.2) is 0 Å². The van der Waals surface area contributed by atoms with Crippen LogP contribution in [0.2, 0.25) is 0 Å². The summed E-state index contributed by atoms with van der Waals surface area (Å²) < 4.78 is 0. The van der Waals surface area contributed by atoms with Gasteiger partial charge in [-0.2, -0.15) is 0 Å². The first-order valence-electron chi connectivity index (χ1n) is 6.15. The van der Waals surface area contributed by atoms with E-state index < -0.39 is 0 Å². The number of Topliss-reactive ketones (excluding diaryl/α,β-unsaturated/α-hetero) is 1. The monoisotopic (exact) mass is 237 g/mol. The van der Waals surface area contributed by atoms with Gasteiger partial charge in [-0.15, -0.1) is 11.3 Å². The normalized spacial score (nSPS) is 21.6. The Kier molecular flexibility index (Phi) is 4.55. The van der Waals surface area contributed by atoms with Crippen LogP contribution >= 0.6 is 11.3 Å². The van der Waals surface area contributed by atoms with E-state index in [1.807, 2.05) is 6.07 Å². The molecule has 0 saturated carbocycles. The van der Waals surface area contributed by atoms with E-state index in [0.29, 0.717) is 12.2 Å². The molecule has 1 saturated heterocycles. The molecular formula is C13H19NOS. The molecule has 1 unspecified atom stereocenters. The third-order valence-electron chi connectivity index (χ3n) is 3.15. The van der Waals surface area contributed by atoms with Crippen molar-refractivity contribution in [1.29, 1.82) is 0 Å². The van der Waals surface area contributed by atoms with Gasteiger partial charge in [-0.05, 0) is 37.3 Å². The Labute approximate surface area is 101 Å². The molecular weight excluding hydrogens is 218 g/mol. The maximum Gasteiger partial charge on any atom is 0.150 e. The molecule has 0 radical (unpaired) electrons. The number of hydrogen-bond acceptors (Lipinski definition) is 3. The smallest absolute Gasteiger partial charge is 0.150 e. The van der Waals surface area contributed by atoms with Crippen molar-refractivity contribution in [2.75, 3.05) is 6.54 Å². The highest BCUT2D eigenvalue weighted by atomic mass is 32.1. The Hall–Kier alpha value is -0.670. The minimum absolute atomic E-state index is 0.127. The zero-order valence-electron chi connectivity index (χ0n) is 9.58. The second kappa shape index (κ2) is 6.16. The molecule has 2 heterocycles. The molecule has 2 nitrogen and oxygen atoms in total. The third kappa shape index (κ3) is 3.42. The molecule has 1 fully saturated rings. The van der Waals surface area contributed by atoms with E-state index in [9.17, 15) is 4.79 Å². The number of carbonyl (C=O) groups excluding carboxylic acids is 1. The molecule has 2 rings (SSSR count). The van der Waals surface area contributed by atoms with E-state index >= 15 is 0 Å².